The molecule has 0 bridgehead atoms. The van der Waals surface area contributed by atoms with Crippen LogP contribution in [0.2, 0.25) is 0 Å². The first-order chi connectivity index (χ1) is 14.7. The van der Waals surface area contributed by atoms with E-state index in [2.05, 4.69) is 22.5 Å². The van der Waals surface area contributed by atoms with Gasteiger partial charge in [0.25, 0.3) is 0 Å². The summed E-state index contributed by atoms with van der Waals surface area (Å²) in [7, 11) is -0.640. The van der Waals surface area contributed by atoms with E-state index in [0.29, 0.717) is 11.6 Å². The molecule has 8 nitrogen and oxygen atoms in total. The molecule has 31 heavy (non-hydrogen) atoms. The third-order valence-electron chi connectivity index (χ3n) is 5.03. The number of imidazole rings is 1. The molecule has 9 heteroatoms. The van der Waals surface area contributed by atoms with Gasteiger partial charge in [-0.05, 0) is 43.2 Å². The van der Waals surface area contributed by atoms with Crippen LogP contribution >= 0.6 is 0 Å². The molecule has 0 saturated carbocycles. The number of aryl methyl sites for hydroxylation is 1. The van der Waals surface area contributed by atoms with Gasteiger partial charge >= 0.3 is 0 Å². The lowest BCUT2D eigenvalue weighted by Gasteiger charge is -2.15. The molecule has 1 heterocycles. The van der Waals surface area contributed by atoms with E-state index in [1.54, 1.807) is 12.1 Å². The van der Waals surface area contributed by atoms with Crippen LogP contribution in [0.5, 0.6) is 0 Å². The minimum absolute atomic E-state index is 0.0546. The molecule has 0 aliphatic rings. The molecule has 166 valence electrons. The van der Waals surface area contributed by atoms with E-state index in [-0.39, 0.29) is 17.3 Å². The Labute approximate surface area is 183 Å². The summed E-state index contributed by atoms with van der Waals surface area (Å²) in [5.41, 5.74) is 2.92. The Hall–Kier alpha value is -2.91. The molecule has 2 N–H and O–H groups in total. The van der Waals surface area contributed by atoms with Gasteiger partial charge < -0.3 is 15.2 Å². The Morgan fingerprint density at radius 3 is 2.61 bits per heavy atom. The van der Waals surface area contributed by atoms with Crippen molar-refractivity contribution < 1.29 is 13.2 Å². The van der Waals surface area contributed by atoms with Gasteiger partial charge in [-0.2, -0.15) is 0 Å². The van der Waals surface area contributed by atoms with E-state index in [4.69, 9.17) is 0 Å². The Morgan fingerprint density at radius 2 is 1.90 bits per heavy atom. The zero-order chi connectivity index (χ0) is 22.6. The van der Waals surface area contributed by atoms with Crippen LogP contribution in [0.15, 0.2) is 47.4 Å². The van der Waals surface area contributed by atoms with Gasteiger partial charge in [-0.1, -0.05) is 31.5 Å². The van der Waals surface area contributed by atoms with Crippen molar-refractivity contribution in [3.05, 3.63) is 48.0 Å². The number of nitrogens with zero attached hydrogens (tertiary/aromatic N) is 3. The molecular formula is C22H29N5O3S. The number of nitrogens with one attached hydrogen (secondary N) is 2. The fourth-order valence-corrected chi connectivity index (χ4v) is 4.12. The van der Waals surface area contributed by atoms with Crippen LogP contribution in [-0.4, -0.2) is 48.8 Å². The van der Waals surface area contributed by atoms with Gasteiger partial charge in [0, 0.05) is 26.3 Å². The second-order valence-corrected chi connectivity index (χ2v) is 9.75. The second-order valence-electron chi connectivity index (χ2n) is 7.60. The van der Waals surface area contributed by atoms with Crippen LogP contribution < -0.4 is 10.6 Å². The summed E-state index contributed by atoms with van der Waals surface area (Å²) in [4.78, 5) is 17.7. The maximum Gasteiger partial charge on any atom is 0.244 e. The monoisotopic (exact) mass is 443 g/mol. The SMILES string of the molecule is CCCCNc1nc2ccccc2n1CC(=O)Nc1cc(S(=O)(=O)N(C)C)ccc1C. The lowest BCUT2D eigenvalue weighted by atomic mass is 10.2. The zero-order valence-corrected chi connectivity index (χ0v) is 19.2. The topological polar surface area (TPSA) is 96.3 Å². The Kier molecular flexibility index (Phi) is 6.97. The number of hydrogen-bond acceptors (Lipinski definition) is 5. The summed E-state index contributed by atoms with van der Waals surface area (Å²) in [5, 5.41) is 6.17. The summed E-state index contributed by atoms with van der Waals surface area (Å²) in [5.74, 6) is 0.384. The van der Waals surface area contributed by atoms with Gasteiger partial charge in [0.05, 0.1) is 15.9 Å². The number of amides is 1. The van der Waals surface area contributed by atoms with Crippen LogP contribution in [0.4, 0.5) is 11.6 Å². The predicted octanol–water partition coefficient (Wildman–Crippen LogP) is 3.45. The van der Waals surface area contributed by atoms with Crippen LogP contribution in [-0.2, 0) is 21.4 Å². The van der Waals surface area contributed by atoms with Crippen LogP contribution in [0, 0.1) is 6.92 Å². The van der Waals surface area contributed by atoms with Crippen molar-refractivity contribution in [2.45, 2.75) is 38.1 Å². The highest BCUT2D eigenvalue weighted by molar-refractivity contribution is 7.89. The summed E-state index contributed by atoms with van der Waals surface area (Å²) in [6.07, 6.45) is 2.06. The number of unbranched alkanes of at least 4 members (excludes halogenated alkanes) is 1. The molecule has 0 radical (unpaired) electrons. The minimum Gasteiger partial charge on any atom is -0.356 e. The van der Waals surface area contributed by atoms with E-state index in [1.807, 2.05) is 35.8 Å². The van der Waals surface area contributed by atoms with Crippen molar-refractivity contribution in [3.8, 4) is 0 Å². The molecule has 0 aliphatic carbocycles. The standard InChI is InChI=1S/C22H29N5O3S/c1-5-6-13-23-22-25-18-9-7-8-10-20(18)27(22)15-21(28)24-19-14-17(12-11-16(19)2)31(29,30)26(3)4/h7-12,14H,5-6,13,15H2,1-4H3,(H,23,25)(H,24,28). The number of para-hydroxylation sites is 2. The number of rotatable bonds is 9. The van der Waals surface area contributed by atoms with Gasteiger partial charge in [0.15, 0.2) is 0 Å². The number of hydrogen-bond donors (Lipinski definition) is 2. The second kappa shape index (κ2) is 9.49. The zero-order valence-electron chi connectivity index (χ0n) is 18.3. The number of aromatic nitrogens is 2. The number of benzene rings is 2. The largest absolute Gasteiger partial charge is 0.356 e. The molecular weight excluding hydrogens is 414 g/mol. The molecule has 0 fully saturated rings. The summed E-state index contributed by atoms with van der Waals surface area (Å²) >= 11 is 0. The summed E-state index contributed by atoms with van der Waals surface area (Å²) in [6.45, 7) is 4.77. The van der Waals surface area contributed by atoms with Gasteiger partial charge in [-0.25, -0.2) is 17.7 Å². The van der Waals surface area contributed by atoms with Gasteiger partial charge in [-0.3, -0.25) is 4.79 Å². The van der Waals surface area contributed by atoms with Crippen LogP contribution in [0.3, 0.4) is 0 Å². The number of fused-ring (bicyclic) bond motifs is 1. The average Bonchev–Trinajstić information content (AvgIpc) is 3.07. The maximum atomic E-state index is 12.9. The van der Waals surface area contributed by atoms with E-state index >= 15 is 0 Å². The van der Waals surface area contributed by atoms with Crippen LogP contribution in [0.1, 0.15) is 25.3 Å². The Bertz CT molecular complexity index is 1190. The average molecular weight is 444 g/mol. The highest BCUT2D eigenvalue weighted by Crippen LogP contribution is 2.23. The van der Waals surface area contributed by atoms with E-state index < -0.39 is 10.0 Å². The molecule has 2 aromatic carbocycles. The van der Waals surface area contributed by atoms with Crippen LogP contribution in [0.25, 0.3) is 11.0 Å². The maximum absolute atomic E-state index is 12.9. The van der Waals surface area contributed by atoms with Crippen molar-refractivity contribution >= 4 is 38.6 Å². The van der Waals surface area contributed by atoms with Crippen molar-refractivity contribution in [2.75, 3.05) is 31.3 Å². The lowest BCUT2D eigenvalue weighted by molar-refractivity contribution is -0.116. The molecule has 0 saturated heterocycles. The van der Waals surface area contributed by atoms with E-state index in [0.717, 1.165) is 40.3 Å². The molecule has 1 aromatic heterocycles. The van der Waals surface area contributed by atoms with E-state index in [1.165, 1.54) is 20.2 Å². The fourth-order valence-electron chi connectivity index (χ4n) is 3.19. The Balaban J connectivity index is 1.86. The molecule has 1 amide bonds. The molecule has 0 atom stereocenters. The van der Waals surface area contributed by atoms with Gasteiger partial charge in [0.1, 0.15) is 6.54 Å². The first-order valence-corrected chi connectivity index (χ1v) is 11.7. The highest BCUT2D eigenvalue weighted by Gasteiger charge is 2.19. The normalized spacial score (nSPS) is 11.8. The van der Waals surface area contributed by atoms with Crippen molar-refractivity contribution in [3.63, 3.8) is 0 Å². The third-order valence-corrected chi connectivity index (χ3v) is 6.84. The molecule has 3 rings (SSSR count). The minimum atomic E-state index is -3.59. The summed E-state index contributed by atoms with van der Waals surface area (Å²) in [6, 6.07) is 12.4. The number of carbonyl (C=O) groups excluding carboxylic acids is 1. The quantitative estimate of drug-likeness (QED) is 0.494. The van der Waals surface area contributed by atoms with Crippen molar-refractivity contribution in [1.29, 1.82) is 0 Å². The first-order valence-electron chi connectivity index (χ1n) is 10.3. The highest BCUT2D eigenvalue weighted by atomic mass is 32.2. The summed E-state index contributed by atoms with van der Waals surface area (Å²) < 4.78 is 27.9. The lowest BCUT2D eigenvalue weighted by Crippen LogP contribution is -2.23. The van der Waals surface area contributed by atoms with Crippen molar-refractivity contribution in [2.24, 2.45) is 0 Å². The predicted molar refractivity (Wildman–Crippen MR) is 124 cm³/mol. The van der Waals surface area contributed by atoms with Gasteiger partial charge in [0.2, 0.25) is 21.9 Å². The van der Waals surface area contributed by atoms with E-state index in [9.17, 15) is 13.2 Å². The number of sulfonamides is 1. The number of carbonyl (C=O) groups is 1. The molecule has 3 aromatic rings. The third kappa shape index (κ3) is 5.05. The van der Waals surface area contributed by atoms with Gasteiger partial charge in [-0.15, -0.1) is 0 Å². The Morgan fingerprint density at radius 1 is 1.16 bits per heavy atom. The fraction of sp³-hybridized carbons (Fsp3) is 0.364. The number of anilines is 2. The first kappa shape index (κ1) is 22.8. The smallest absolute Gasteiger partial charge is 0.244 e. The molecule has 0 aliphatic heterocycles. The molecule has 0 unspecified atom stereocenters. The molecule has 0 spiro atoms. The van der Waals surface area contributed by atoms with Crippen molar-refractivity contribution in [1.82, 2.24) is 13.9 Å².